The van der Waals surface area contributed by atoms with E-state index < -0.39 is 0 Å². The lowest BCUT2D eigenvalue weighted by atomic mass is 9.85. The minimum atomic E-state index is -0.0774. The molecular weight excluding hydrogens is 224 g/mol. The van der Waals surface area contributed by atoms with Gasteiger partial charge in [-0.3, -0.25) is 4.79 Å². The molecule has 0 saturated heterocycles. The molecule has 3 N–H and O–H groups in total. The third-order valence-corrected chi connectivity index (χ3v) is 3.67. The zero-order chi connectivity index (χ0) is 13.6. The fourth-order valence-corrected chi connectivity index (χ4v) is 2.07. The van der Waals surface area contributed by atoms with Crippen molar-refractivity contribution in [1.82, 2.24) is 5.32 Å². The molecule has 0 aromatic carbocycles. The van der Waals surface area contributed by atoms with Gasteiger partial charge in [0.05, 0.1) is 0 Å². The Morgan fingerprint density at radius 3 is 2.72 bits per heavy atom. The topological polar surface area (TPSA) is 55.1 Å². The number of rotatable bonds is 5. The number of hydrogen-bond donors (Lipinski definition) is 2. The SMILES string of the molecule is CC(C)(C)C(N)CC(=O)NCCC1=CCCCC1. The van der Waals surface area contributed by atoms with Crippen molar-refractivity contribution < 1.29 is 4.79 Å². The summed E-state index contributed by atoms with van der Waals surface area (Å²) in [5.41, 5.74) is 7.48. The van der Waals surface area contributed by atoms with Crippen LogP contribution in [0.1, 0.15) is 59.3 Å². The molecule has 0 bridgehead atoms. The molecule has 0 saturated carbocycles. The van der Waals surface area contributed by atoms with Crippen molar-refractivity contribution in [1.29, 1.82) is 0 Å². The van der Waals surface area contributed by atoms with Crippen molar-refractivity contribution in [2.75, 3.05) is 6.54 Å². The van der Waals surface area contributed by atoms with E-state index in [0.717, 1.165) is 13.0 Å². The molecule has 0 aromatic heterocycles. The second-order valence-electron chi connectivity index (χ2n) is 6.38. The molecular formula is C15H28N2O. The molecule has 1 aliphatic rings. The minimum absolute atomic E-state index is 0.0107. The van der Waals surface area contributed by atoms with Crippen LogP contribution in [0.2, 0.25) is 0 Å². The maximum Gasteiger partial charge on any atom is 0.221 e. The summed E-state index contributed by atoms with van der Waals surface area (Å²) in [6.07, 6.45) is 8.77. The lowest BCUT2D eigenvalue weighted by molar-refractivity contribution is -0.121. The van der Waals surface area contributed by atoms with Crippen LogP contribution in [0, 0.1) is 5.41 Å². The van der Waals surface area contributed by atoms with E-state index in [2.05, 4.69) is 32.2 Å². The molecule has 0 aromatic rings. The van der Waals surface area contributed by atoms with E-state index in [-0.39, 0.29) is 17.4 Å². The highest BCUT2D eigenvalue weighted by molar-refractivity contribution is 5.76. The van der Waals surface area contributed by atoms with Crippen LogP contribution in [0.3, 0.4) is 0 Å². The van der Waals surface area contributed by atoms with E-state index in [4.69, 9.17) is 5.73 Å². The average molecular weight is 252 g/mol. The first kappa shape index (κ1) is 15.2. The Morgan fingerprint density at radius 2 is 2.17 bits per heavy atom. The summed E-state index contributed by atoms with van der Waals surface area (Å²) < 4.78 is 0. The molecule has 0 fully saturated rings. The van der Waals surface area contributed by atoms with Crippen LogP contribution in [0.4, 0.5) is 0 Å². The number of hydrogen-bond acceptors (Lipinski definition) is 2. The second kappa shape index (κ2) is 6.93. The van der Waals surface area contributed by atoms with E-state index in [1.807, 2.05) is 0 Å². The first-order valence-electron chi connectivity index (χ1n) is 7.10. The molecule has 18 heavy (non-hydrogen) atoms. The maximum atomic E-state index is 11.7. The lowest BCUT2D eigenvalue weighted by Crippen LogP contribution is -2.40. The van der Waals surface area contributed by atoms with Crippen molar-refractivity contribution in [3.05, 3.63) is 11.6 Å². The lowest BCUT2D eigenvalue weighted by Gasteiger charge is -2.26. The Kier molecular flexibility index (Phi) is 5.86. The standard InChI is InChI=1S/C15H28N2O/c1-15(2,3)13(16)11-14(18)17-10-9-12-7-5-4-6-8-12/h7,13H,4-6,8-11,16H2,1-3H3,(H,17,18). The first-order chi connectivity index (χ1) is 8.39. The zero-order valence-corrected chi connectivity index (χ0v) is 12.1. The van der Waals surface area contributed by atoms with Crippen LogP contribution in [-0.4, -0.2) is 18.5 Å². The number of carbonyl (C=O) groups excluding carboxylic acids is 1. The van der Waals surface area contributed by atoms with Crippen LogP contribution < -0.4 is 11.1 Å². The van der Waals surface area contributed by atoms with Crippen LogP contribution in [-0.2, 0) is 4.79 Å². The van der Waals surface area contributed by atoms with Crippen LogP contribution >= 0.6 is 0 Å². The maximum absolute atomic E-state index is 11.7. The summed E-state index contributed by atoms with van der Waals surface area (Å²) >= 11 is 0. The van der Waals surface area contributed by atoms with Gasteiger partial charge in [-0.15, -0.1) is 0 Å². The molecule has 1 rings (SSSR count). The highest BCUT2D eigenvalue weighted by Gasteiger charge is 2.22. The van der Waals surface area contributed by atoms with E-state index in [1.165, 1.54) is 31.3 Å². The van der Waals surface area contributed by atoms with Crippen LogP contribution in [0.15, 0.2) is 11.6 Å². The average Bonchev–Trinajstić information content (AvgIpc) is 2.29. The van der Waals surface area contributed by atoms with Crippen molar-refractivity contribution in [2.45, 2.75) is 65.3 Å². The number of nitrogens with one attached hydrogen (secondary N) is 1. The van der Waals surface area contributed by atoms with Gasteiger partial charge < -0.3 is 11.1 Å². The van der Waals surface area contributed by atoms with Gasteiger partial charge in [-0.05, 0) is 37.5 Å². The summed E-state index contributed by atoms with van der Waals surface area (Å²) in [4.78, 5) is 11.7. The van der Waals surface area contributed by atoms with Crippen molar-refractivity contribution in [3.63, 3.8) is 0 Å². The number of nitrogens with two attached hydrogens (primary N) is 1. The summed E-state index contributed by atoms with van der Waals surface area (Å²) in [5.74, 6) is 0.0776. The smallest absolute Gasteiger partial charge is 0.221 e. The summed E-state index contributed by atoms with van der Waals surface area (Å²) in [6.45, 7) is 6.95. The van der Waals surface area contributed by atoms with Gasteiger partial charge in [-0.2, -0.15) is 0 Å². The predicted octanol–water partition coefficient (Wildman–Crippen LogP) is 2.76. The Balaban J connectivity index is 2.19. The number of amides is 1. The molecule has 104 valence electrons. The van der Waals surface area contributed by atoms with E-state index in [1.54, 1.807) is 0 Å². The third-order valence-electron chi connectivity index (χ3n) is 3.67. The number of allylic oxidation sites excluding steroid dienone is 1. The van der Waals surface area contributed by atoms with E-state index in [0.29, 0.717) is 6.42 Å². The Labute approximate surface area is 111 Å². The number of carbonyl (C=O) groups is 1. The van der Waals surface area contributed by atoms with Gasteiger partial charge in [0.15, 0.2) is 0 Å². The molecule has 0 aliphatic heterocycles. The zero-order valence-electron chi connectivity index (χ0n) is 12.1. The largest absolute Gasteiger partial charge is 0.356 e. The first-order valence-corrected chi connectivity index (χ1v) is 7.10. The normalized spacial score (nSPS) is 18.1. The second-order valence-corrected chi connectivity index (χ2v) is 6.38. The van der Waals surface area contributed by atoms with Crippen LogP contribution in [0.25, 0.3) is 0 Å². The van der Waals surface area contributed by atoms with Crippen molar-refractivity contribution in [3.8, 4) is 0 Å². The van der Waals surface area contributed by atoms with Gasteiger partial charge >= 0.3 is 0 Å². The van der Waals surface area contributed by atoms with Crippen molar-refractivity contribution >= 4 is 5.91 Å². The minimum Gasteiger partial charge on any atom is -0.356 e. The predicted molar refractivity (Wildman–Crippen MR) is 76.2 cm³/mol. The van der Waals surface area contributed by atoms with E-state index >= 15 is 0 Å². The third kappa shape index (κ3) is 5.67. The molecule has 1 amide bonds. The Morgan fingerprint density at radius 1 is 1.44 bits per heavy atom. The molecule has 0 heterocycles. The molecule has 3 heteroatoms. The van der Waals surface area contributed by atoms with Gasteiger partial charge in [-0.25, -0.2) is 0 Å². The van der Waals surface area contributed by atoms with Gasteiger partial charge in [0, 0.05) is 19.0 Å². The Bertz CT molecular complexity index is 302. The summed E-state index contributed by atoms with van der Waals surface area (Å²) in [6, 6.07) is -0.0774. The Hall–Kier alpha value is -0.830. The summed E-state index contributed by atoms with van der Waals surface area (Å²) in [5, 5.41) is 2.97. The van der Waals surface area contributed by atoms with Gasteiger partial charge in [0.1, 0.15) is 0 Å². The monoisotopic (exact) mass is 252 g/mol. The fourth-order valence-electron chi connectivity index (χ4n) is 2.07. The van der Waals surface area contributed by atoms with Gasteiger partial charge in [0.2, 0.25) is 5.91 Å². The van der Waals surface area contributed by atoms with Crippen molar-refractivity contribution in [2.24, 2.45) is 11.1 Å². The molecule has 1 unspecified atom stereocenters. The molecule has 0 spiro atoms. The highest BCUT2D eigenvalue weighted by Crippen LogP contribution is 2.20. The van der Waals surface area contributed by atoms with Crippen LogP contribution in [0.5, 0.6) is 0 Å². The molecule has 0 radical (unpaired) electrons. The molecule has 1 atom stereocenters. The fraction of sp³-hybridized carbons (Fsp3) is 0.800. The van der Waals surface area contributed by atoms with Gasteiger partial charge in [-0.1, -0.05) is 32.4 Å². The molecule has 1 aliphatic carbocycles. The van der Waals surface area contributed by atoms with E-state index in [9.17, 15) is 4.79 Å². The highest BCUT2D eigenvalue weighted by atomic mass is 16.1. The summed E-state index contributed by atoms with van der Waals surface area (Å²) in [7, 11) is 0. The quantitative estimate of drug-likeness (QED) is 0.739. The van der Waals surface area contributed by atoms with Gasteiger partial charge in [0.25, 0.3) is 0 Å². The molecule has 3 nitrogen and oxygen atoms in total.